The molecule has 9 fully saturated rings. The number of carbonyl (C=O) groups excluding carboxylic acids is 2. The second-order valence-corrected chi connectivity index (χ2v) is 41.0. The van der Waals surface area contributed by atoms with Crippen molar-refractivity contribution in [1.82, 2.24) is 0 Å². The summed E-state index contributed by atoms with van der Waals surface area (Å²) in [6, 6.07) is -0.541. The summed E-state index contributed by atoms with van der Waals surface area (Å²) in [6.45, 7) is 44.5. The van der Waals surface area contributed by atoms with Crippen molar-refractivity contribution in [2.24, 2.45) is 157 Å². The number of esters is 2. The van der Waals surface area contributed by atoms with Gasteiger partial charge in [0, 0.05) is 12.8 Å². The highest BCUT2D eigenvalue weighted by molar-refractivity contribution is 7.59. The highest BCUT2D eigenvalue weighted by Gasteiger charge is 2.63. The Balaban J connectivity index is 0.000000237. The zero-order valence-electron chi connectivity index (χ0n) is 70.9. The lowest BCUT2D eigenvalue weighted by atomic mass is 9.47. The maximum absolute atomic E-state index is 12.2. The van der Waals surface area contributed by atoms with Gasteiger partial charge in [-0.25, -0.2) is 0 Å². The third-order valence-corrected chi connectivity index (χ3v) is 33.4. The second-order valence-electron chi connectivity index (χ2n) is 41.0. The number of nitrogens with two attached hydrogens (primary N) is 1. The summed E-state index contributed by atoms with van der Waals surface area (Å²) in [5.74, 6) is 11.8. The fourth-order valence-electron chi connectivity index (χ4n) is 26.5. The van der Waals surface area contributed by atoms with Gasteiger partial charge in [0.05, 0.1) is 36.3 Å². The smallest absolute Gasteiger partial charge is 0.322 e. The Kier molecular flexibility index (Phi) is 33.7. The number of allylic oxidation sites excluding steroid dienone is 3. The normalized spacial score (nSPS) is 40.0. The number of fused-ring (bicyclic) bond motifs is 15. The molecule has 0 aliphatic heterocycles. The second kappa shape index (κ2) is 38.3. The third-order valence-electron chi connectivity index (χ3n) is 33.4. The SMILES string of the molecule is CC(C)C(=O)O.CC(C)C(=O)O[C@H]1CC[C@@]2(C)C(=CC[C@H]3[C@@H]4CC[C@H]([C@H](C)CCC(O)C(C)C)[C@@]4(C)CC[C@@H]32)C1.CC(C)C(O)CC[C@@H](C)[C@H]1CC[C@H]2[C@@H]3CC=C4C[C@@H](O)CC[C@]4(C)[C@H]3CC[C@]12C.CC(C)C(O)CC[C@@H](C)[C@H]1CC[C@H]2[C@@H]3CC=C4C[C@@H](OC(=O)[C@H](C)N)CC[C@]4(C)[C@H]3CC[C@]12C.S.S.S. The van der Waals surface area contributed by atoms with Crippen LogP contribution in [0, 0.1) is 151 Å². The molecule has 0 heterocycles. The third kappa shape index (κ3) is 19.7. The zero-order valence-corrected chi connectivity index (χ0v) is 73.9. The number of aliphatic carboxylic acids is 1. The first-order valence-corrected chi connectivity index (χ1v) is 43.4. The minimum absolute atomic E-state index is 0. The molecule has 0 aromatic rings. The van der Waals surface area contributed by atoms with Gasteiger partial charge in [-0.05, 0) is 326 Å². The van der Waals surface area contributed by atoms with Crippen molar-refractivity contribution < 1.29 is 49.4 Å². The molecule has 0 saturated heterocycles. The topological polar surface area (TPSA) is 197 Å². The highest BCUT2D eigenvalue weighted by atomic mass is 32.1. The van der Waals surface area contributed by atoms with Gasteiger partial charge >= 0.3 is 17.9 Å². The molecule has 7 N–H and O–H groups in total. The van der Waals surface area contributed by atoms with Crippen LogP contribution in [0.25, 0.3) is 0 Å². The summed E-state index contributed by atoms with van der Waals surface area (Å²) in [7, 11) is 0. The average molecular weight is 1540 g/mol. The molecule has 0 radical (unpaired) electrons. The Hall–Kier alpha value is -1.52. The zero-order chi connectivity index (χ0) is 75.8. The van der Waals surface area contributed by atoms with Crippen LogP contribution < -0.4 is 5.73 Å². The van der Waals surface area contributed by atoms with Crippen LogP contribution in [-0.2, 0) is 23.9 Å². The van der Waals surface area contributed by atoms with Crippen LogP contribution in [0.2, 0.25) is 0 Å². The first kappa shape index (κ1) is 93.3. The van der Waals surface area contributed by atoms with E-state index in [9.17, 15) is 34.8 Å². The molecule has 12 aliphatic carbocycles. The van der Waals surface area contributed by atoms with E-state index in [1.165, 1.54) is 122 Å². The molecule has 14 heteroatoms. The van der Waals surface area contributed by atoms with E-state index in [2.05, 4.69) is 122 Å². The number of carboxylic acid groups (broad SMARTS) is 1. The fourth-order valence-corrected chi connectivity index (χ4v) is 26.5. The van der Waals surface area contributed by atoms with Crippen LogP contribution in [0.3, 0.4) is 0 Å². The van der Waals surface area contributed by atoms with Crippen LogP contribution in [0.5, 0.6) is 0 Å². The predicted octanol–water partition coefficient (Wildman–Crippen LogP) is 21.2. The lowest BCUT2D eigenvalue weighted by Gasteiger charge is -2.58. The van der Waals surface area contributed by atoms with E-state index in [0.29, 0.717) is 56.7 Å². The van der Waals surface area contributed by atoms with Crippen molar-refractivity contribution in [2.45, 2.75) is 374 Å². The van der Waals surface area contributed by atoms with Gasteiger partial charge in [-0.2, -0.15) is 40.5 Å². The van der Waals surface area contributed by atoms with Crippen molar-refractivity contribution in [1.29, 1.82) is 0 Å². The van der Waals surface area contributed by atoms with Crippen LogP contribution >= 0.6 is 40.5 Å². The molecule has 3 unspecified atom stereocenters. The van der Waals surface area contributed by atoms with Crippen molar-refractivity contribution in [3.8, 4) is 0 Å². The minimum Gasteiger partial charge on any atom is -0.481 e. The first-order chi connectivity index (χ1) is 48.2. The summed E-state index contributed by atoms with van der Waals surface area (Å²) in [5, 5.41) is 49.2. The molecule has 9 saturated carbocycles. The number of hydrogen-bond acceptors (Lipinski definition) is 10. The number of hydrogen-bond donors (Lipinski definition) is 6. The standard InChI is InChI=1S/C31H52O3.C30H51NO3.C27H46O2.C4H8O2.3H2S/c1-19(2)28(32)13-8-21(5)25-11-12-26-24-10-9-22-18-23(34-29(33)20(3)4)14-16-30(22,6)27(24)15-17-31(25,26)7;1-18(2)27(32)12-7-19(3)24-10-11-25-23-9-8-21-17-22(34-28(33)20(4)31)13-15-29(21,5)26(23)14-16-30(24,25)6;1-17(2)25(29)11-6-18(3)22-9-10-23-21-8-7-19-16-20(28)12-14-26(19,4)24(21)13-15-27(22,23)5;1-3(2)4(5)6;;;/h9,19-21,23-28,32H,8,10-18H2,1-7H3;8,18-20,22-27,32H,7,9-17,31H2,1-6H3;7,17-18,20-25,28-29H,6,8-16H2,1-5H3;3H,1-2H3,(H,5,6);3*1H2/t21-,23+,24+,25-,26+,27+,28?,30+,31-;19-,20+,22+,23+,24-,25+,26+,27?,29+,30-;18-,20+,21+,22-,23+,24+,25?,26+,27-;;;;/m111..../s1. The number of aliphatic hydroxyl groups is 4. The van der Waals surface area contributed by atoms with Gasteiger partial charge in [0.15, 0.2) is 0 Å². The monoisotopic (exact) mass is 1540 g/mol. The van der Waals surface area contributed by atoms with Gasteiger partial charge in [-0.1, -0.05) is 166 Å². The Morgan fingerprint density at radius 1 is 0.406 bits per heavy atom. The van der Waals surface area contributed by atoms with E-state index in [-0.39, 0.29) is 106 Å². The van der Waals surface area contributed by atoms with E-state index in [1.54, 1.807) is 37.5 Å². The summed E-state index contributed by atoms with van der Waals surface area (Å²) in [5.41, 5.74) is 12.8. The fraction of sp³-hybridized carbons (Fsp3) is 0.902. The molecule has 11 nitrogen and oxygen atoms in total. The van der Waals surface area contributed by atoms with Crippen molar-refractivity contribution in [2.75, 3.05) is 0 Å². The van der Waals surface area contributed by atoms with E-state index >= 15 is 0 Å². The van der Waals surface area contributed by atoms with Gasteiger partial charge in [0.25, 0.3) is 0 Å². The van der Waals surface area contributed by atoms with Crippen molar-refractivity contribution in [3.63, 3.8) is 0 Å². The largest absolute Gasteiger partial charge is 0.481 e. The summed E-state index contributed by atoms with van der Waals surface area (Å²) < 4.78 is 11.6. The van der Waals surface area contributed by atoms with E-state index in [4.69, 9.17) is 20.3 Å². The average Bonchev–Trinajstić information content (AvgIpc) is 1.39. The van der Waals surface area contributed by atoms with Crippen LogP contribution in [0.1, 0.15) is 331 Å². The van der Waals surface area contributed by atoms with Gasteiger partial charge in [0.2, 0.25) is 0 Å². The molecule has 0 amide bonds. The number of aliphatic hydroxyl groups excluding tert-OH is 4. The van der Waals surface area contributed by atoms with Crippen molar-refractivity contribution in [3.05, 3.63) is 34.9 Å². The lowest BCUT2D eigenvalue weighted by molar-refractivity contribution is -0.155. The maximum Gasteiger partial charge on any atom is 0.322 e. The quantitative estimate of drug-likeness (QED) is 0.0501. The van der Waals surface area contributed by atoms with Crippen LogP contribution in [-0.4, -0.2) is 86.1 Å². The maximum atomic E-state index is 12.2. The Bertz CT molecular complexity index is 2800. The minimum atomic E-state index is -0.741. The molecule has 28 atom stereocenters. The van der Waals surface area contributed by atoms with Crippen LogP contribution in [0.4, 0.5) is 0 Å². The molecule has 0 spiro atoms. The molecule has 0 bridgehead atoms. The van der Waals surface area contributed by atoms with Gasteiger partial charge in [-0.3, -0.25) is 14.4 Å². The summed E-state index contributed by atoms with van der Waals surface area (Å²) in [4.78, 5) is 33.9. The van der Waals surface area contributed by atoms with Gasteiger partial charge in [-0.15, -0.1) is 0 Å². The molecule has 12 rings (SSSR count). The van der Waals surface area contributed by atoms with E-state index in [1.807, 2.05) is 13.8 Å². The summed E-state index contributed by atoms with van der Waals surface area (Å²) >= 11 is 0. The van der Waals surface area contributed by atoms with Crippen molar-refractivity contribution >= 4 is 58.4 Å². The van der Waals surface area contributed by atoms with E-state index in [0.717, 1.165) is 148 Å². The molecular formula is C92H163NO10S3. The Labute approximate surface area is 668 Å². The van der Waals surface area contributed by atoms with Gasteiger partial charge in [0.1, 0.15) is 18.2 Å². The van der Waals surface area contributed by atoms with E-state index < -0.39 is 12.0 Å². The summed E-state index contributed by atoms with van der Waals surface area (Å²) in [6.07, 6.45) is 43.1. The van der Waals surface area contributed by atoms with Gasteiger partial charge < -0.3 is 40.7 Å². The number of carbonyl (C=O) groups is 3. The highest BCUT2D eigenvalue weighted by Crippen LogP contribution is 2.71. The number of rotatable bonds is 20. The first-order valence-electron chi connectivity index (χ1n) is 43.4. The molecule has 0 aromatic carbocycles. The molecule has 0 aromatic heterocycles. The number of ether oxygens (including phenoxy) is 2. The molecule has 106 heavy (non-hydrogen) atoms. The lowest BCUT2D eigenvalue weighted by Crippen LogP contribution is -2.51. The molecular weight excluding hydrogens is 1380 g/mol. The number of carboxylic acids is 1. The Morgan fingerprint density at radius 3 is 0.981 bits per heavy atom. The molecule has 12 aliphatic rings. The molecule has 614 valence electrons. The Morgan fingerprint density at radius 2 is 0.698 bits per heavy atom. The predicted molar refractivity (Wildman–Crippen MR) is 451 cm³/mol. The van der Waals surface area contributed by atoms with Crippen LogP contribution in [0.15, 0.2) is 34.9 Å².